The molecule has 2 heterocycles. The van der Waals surface area contributed by atoms with Crippen molar-refractivity contribution in [3.63, 3.8) is 0 Å². The van der Waals surface area contributed by atoms with Gasteiger partial charge in [-0.3, -0.25) is 0 Å². The molecule has 20 heavy (non-hydrogen) atoms. The molecule has 0 aliphatic carbocycles. The third kappa shape index (κ3) is 3.75. The Morgan fingerprint density at radius 2 is 2.15 bits per heavy atom. The summed E-state index contributed by atoms with van der Waals surface area (Å²) in [6.07, 6.45) is 3.11. The van der Waals surface area contributed by atoms with Gasteiger partial charge in [0.2, 0.25) is 0 Å². The molecular formula is C11H17N3O4S2. The third-order valence-corrected chi connectivity index (χ3v) is 5.95. The predicted molar refractivity (Wildman–Crippen MR) is 74.6 cm³/mol. The van der Waals surface area contributed by atoms with E-state index in [1.165, 1.54) is 18.4 Å². The molecule has 112 valence electrons. The summed E-state index contributed by atoms with van der Waals surface area (Å²) < 4.78 is 26.2. The predicted octanol–water partition coefficient (Wildman–Crippen LogP) is 0.605. The maximum Gasteiger partial charge on any atom is 0.356 e. The topological polar surface area (TPSA) is 99.6 Å². The van der Waals surface area contributed by atoms with Crippen molar-refractivity contribution >= 4 is 27.3 Å². The fraction of sp³-hybridized carbons (Fsp3) is 0.636. The molecule has 2 rings (SSSR count). The SMILES string of the molecule is O=C(O)c1ncsc1S(=O)(=O)NCCCN1CCCC1. The molecule has 1 aromatic heterocycles. The molecule has 1 saturated heterocycles. The number of thiazole rings is 1. The first-order chi connectivity index (χ1) is 9.50. The molecular weight excluding hydrogens is 302 g/mol. The van der Waals surface area contributed by atoms with Crippen molar-refractivity contribution in [1.82, 2.24) is 14.6 Å². The van der Waals surface area contributed by atoms with Crippen molar-refractivity contribution in [3.8, 4) is 0 Å². The van der Waals surface area contributed by atoms with Crippen molar-refractivity contribution in [2.45, 2.75) is 23.5 Å². The number of hydrogen-bond donors (Lipinski definition) is 2. The zero-order chi connectivity index (χ0) is 14.6. The Labute approximate surface area is 121 Å². The first-order valence-electron chi connectivity index (χ1n) is 6.39. The van der Waals surface area contributed by atoms with E-state index >= 15 is 0 Å². The van der Waals surface area contributed by atoms with Crippen LogP contribution in [0.1, 0.15) is 29.8 Å². The lowest BCUT2D eigenvalue weighted by molar-refractivity contribution is 0.0687. The van der Waals surface area contributed by atoms with Crippen LogP contribution in [0.5, 0.6) is 0 Å². The lowest BCUT2D eigenvalue weighted by Gasteiger charge is -2.14. The molecule has 0 bridgehead atoms. The molecule has 0 spiro atoms. The molecule has 1 aromatic rings. The van der Waals surface area contributed by atoms with Crippen LogP contribution in [0, 0.1) is 0 Å². The summed E-state index contributed by atoms with van der Waals surface area (Å²) in [5, 5.41) is 8.88. The second kappa shape index (κ2) is 6.61. The van der Waals surface area contributed by atoms with Crippen LogP contribution < -0.4 is 4.72 Å². The smallest absolute Gasteiger partial charge is 0.356 e. The van der Waals surface area contributed by atoms with Crippen molar-refractivity contribution in [3.05, 3.63) is 11.2 Å². The normalized spacial score (nSPS) is 16.6. The second-order valence-corrected chi connectivity index (χ2v) is 7.41. The fourth-order valence-electron chi connectivity index (χ4n) is 2.15. The summed E-state index contributed by atoms with van der Waals surface area (Å²) >= 11 is 0.815. The Morgan fingerprint density at radius 3 is 2.80 bits per heavy atom. The van der Waals surface area contributed by atoms with Gasteiger partial charge in [-0.1, -0.05) is 0 Å². The van der Waals surface area contributed by atoms with E-state index < -0.39 is 21.7 Å². The third-order valence-electron chi connectivity index (χ3n) is 3.12. The van der Waals surface area contributed by atoms with E-state index in [0.29, 0.717) is 13.0 Å². The highest BCUT2D eigenvalue weighted by Crippen LogP contribution is 2.19. The summed E-state index contributed by atoms with van der Waals surface area (Å²) in [7, 11) is -3.78. The van der Waals surface area contributed by atoms with Crippen LogP contribution >= 0.6 is 11.3 Å². The number of likely N-dealkylation sites (tertiary alicyclic amines) is 1. The van der Waals surface area contributed by atoms with Crippen molar-refractivity contribution in [2.75, 3.05) is 26.2 Å². The van der Waals surface area contributed by atoms with E-state index in [4.69, 9.17) is 5.11 Å². The Hall–Kier alpha value is -1.03. The van der Waals surface area contributed by atoms with Gasteiger partial charge in [0.25, 0.3) is 10.0 Å². The number of carboxylic acid groups (broad SMARTS) is 1. The second-order valence-electron chi connectivity index (χ2n) is 4.59. The molecule has 1 aliphatic rings. The molecule has 9 heteroatoms. The summed E-state index contributed by atoms with van der Waals surface area (Å²) in [6, 6.07) is 0. The maximum absolute atomic E-state index is 12.0. The van der Waals surface area contributed by atoms with E-state index in [-0.39, 0.29) is 4.21 Å². The molecule has 0 saturated carbocycles. The Morgan fingerprint density at radius 1 is 1.45 bits per heavy atom. The number of carbonyl (C=O) groups is 1. The van der Waals surface area contributed by atoms with E-state index in [1.807, 2.05) is 0 Å². The van der Waals surface area contributed by atoms with Gasteiger partial charge in [-0.05, 0) is 38.9 Å². The number of aromatic nitrogens is 1. The standard InChI is InChI=1S/C11H17N3O4S2/c15-10(16)9-11(19-8-12-9)20(17,18)13-4-3-7-14-5-1-2-6-14/h8,13H,1-7H2,(H,15,16). The van der Waals surface area contributed by atoms with Gasteiger partial charge in [0, 0.05) is 6.54 Å². The number of rotatable bonds is 7. The summed E-state index contributed by atoms with van der Waals surface area (Å²) in [5.74, 6) is -1.33. The maximum atomic E-state index is 12.0. The first-order valence-corrected chi connectivity index (χ1v) is 8.76. The first kappa shape index (κ1) is 15.4. The molecule has 2 N–H and O–H groups in total. The zero-order valence-electron chi connectivity index (χ0n) is 10.9. The number of carboxylic acids is 1. The van der Waals surface area contributed by atoms with E-state index in [9.17, 15) is 13.2 Å². The number of hydrogen-bond acceptors (Lipinski definition) is 6. The minimum atomic E-state index is -3.78. The van der Waals surface area contributed by atoms with Crippen LogP contribution in [0.25, 0.3) is 0 Å². The van der Waals surface area contributed by atoms with Crippen molar-refractivity contribution in [1.29, 1.82) is 0 Å². The van der Waals surface area contributed by atoms with Gasteiger partial charge in [-0.15, -0.1) is 11.3 Å². The van der Waals surface area contributed by atoms with Crippen LogP contribution in [0.2, 0.25) is 0 Å². The van der Waals surface area contributed by atoms with Gasteiger partial charge in [0.1, 0.15) is 0 Å². The van der Waals surface area contributed by atoms with E-state index in [0.717, 1.165) is 31.0 Å². The monoisotopic (exact) mass is 319 g/mol. The van der Waals surface area contributed by atoms with Gasteiger partial charge in [-0.2, -0.15) is 0 Å². The van der Waals surface area contributed by atoms with Crippen LogP contribution in [0.4, 0.5) is 0 Å². The molecule has 0 aromatic carbocycles. The van der Waals surface area contributed by atoms with Crippen LogP contribution in [0.15, 0.2) is 9.72 Å². The van der Waals surface area contributed by atoms with Gasteiger partial charge in [0.15, 0.2) is 9.90 Å². The average Bonchev–Trinajstić information content (AvgIpc) is 3.05. The van der Waals surface area contributed by atoms with Gasteiger partial charge >= 0.3 is 5.97 Å². The number of nitrogens with zero attached hydrogens (tertiary/aromatic N) is 2. The highest BCUT2D eigenvalue weighted by atomic mass is 32.2. The Bertz CT molecular complexity index is 564. The van der Waals surface area contributed by atoms with Crippen LogP contribution in [-0.2, 0) is 10.0 Å². The van der Waals surface area contributed by atoms with Crippen molar-refractivity contribution < 1.29 is 18.3 Å². The average molecular weight is 319 g/mol. The molecule has 0 amide bonds. The van der Waals surface area contributed by atoms with Gasteiger partial charge in [0.05, 0.1) is 5.51 Å². The zero-order valence-corrected chi connectivity index (χ0v) is 12.5. The number of nitrogens with one attached hydrogen (secondary N) is 1. The van der Waals surface area contributed by atoms with E-state index in [1.54, 1.807) is 0 Å². The van der Waals surface area contributed by atoms with Gasteiger partial charge < -0.3 is 10.0 Å². The molecule has 0 radical (unpaired) electrons. The van der Waals surface area contributed by atoms with Crippen LogP contribution in [-0.4, -0.2) is 55.6 Å². The van der Waals surface area contributed by atoms with E-state index in [2.05, 4.69) is 14.6 Å². The number of sulfonamides is 1. The van der Waals surface area contributed by atoms with Crippen molar-refractivity contribution in [2.24, 2.45) is 0 Å². The molecule has 1 aliphatic heterocycles. The molecule has 0 unspecified atom stereocenters. The summed E-state index contributed by atoms with van der Waals surface area (Å²) in [4.78, 5) is 16.7. The fourth-order valence-corrected chi connectivity index (χ4v) is 4.41. The molecule has 1 fully saturated rings. The highest BCUT2D eigenvalue weighted by Gasteiger charge is 2.25. The Balaban J connectivity index is 1.87. The quantitative estimate of drug-likeness (QED) is 0.714. The minimum Gasteiger partial charge on any atom is -0.476 e. The highest BCUT2D eigenvalue weighted by molar-refractivity contribution is 7.91. The minimum absolute atomic E-state index is 0.230. The lowest BCUT2D eigenvalue weighted by Crippen LogP contribution is -2.29. The Kier molecular flexibility index (Phi) is 5.08. The van der Waals surface area contributed by atoms with Gasteiger partial charge in [-0.25, -0.2) is 22.9 Å². The number of aromatic carboxylic acids is 1. The summed E-state index contributed by atoms with van der Waals surface area (Å²) in [6.45, 7) is 3.31. The lowest BCUT2D eigenvalue weighted by atomic mass is 10.4. The molecule has 7 nitrogen and oxygen atoms in total. The molecule has 0 atom stereocenters. The summed E-state index contributed by atoms with van der Waals surface area (Å²) in [5.41, 5.74) is 0.810. The van der Waals surface area contributed by atoms with Crippen LogP contribution in [0.3, 0.4) is 0 Å². The largest absolute Gasteiger partial charge is 0.476 e.